The quantitative estimate of drug-likeness (QED) is 0.607. The molecule has 1 heterocycles. The highest BCUT2D eigenvalue weighted by Gasteiger charge is 2.13. The molecule has 0 N–H and O–H groups in total. The summed E-state index contributed by atoms with van der Waals surface area (Å²) >= 11 is 6.96. The number of hydrogen-bond acceptors (Lipinski definition) is 5. The number of anilines is 1. The van der Waals surface area contributed by atoms with Crippen LogP contribution in [0.25, 0.3) is 0 Å². The number of halogens is 1. The first-order valence-corrected chi connectivity index (χ1v) is 7.45. The first kappa shape index (κ1) is 14.8. The zero-order valence-electron chi connectivity index (χ0n) is 11.3. The molecule has 0 atom stereocenters. The van der Waals surface area contributed by atoms with Crippen LogP contribution in [0.4, 0.5) is 5.13 Å². The van der Waals surface area contributed by atoms with Crippen molar-refractivity contribution in [1.29, 1.82) is 0 Å². The van der Waals surface area contributed by atoms with Gasteiger partial charge in [0, 0.05) is 24.5 Å². The number of alkyl halides is 1. The summed E-state index contributed by atoms with van der Waals surface area (Å²) in [6, 6.07) is 7.83. The van der Waals surface area contributed by atoms with Gasteiger partial charge in [-0.05, 0) is 6.07 Å². The van der Waals surface area contributed by atoms with Crippen LogP contribution in [-0.2, 0) is 6.54 Å². The van der Waals surface area contributed by atoms with Gasteiger partial charge in [0.2, 0.25) is 0 Å². The van der Waals surface area contributed by atoms with Crippen LogP contribution in [0.2, 0.25) is 0 Å². The van der Waals surface area contributed by atoms with Gasteiger partial charge in [-0.15, -0.1) is 22.9 Å². The fourth-order valence-electron chi connectivity index (χ4n) is 1.79. The van der Waals surface area contributed by atoms with Gasteiger partial charge < -0.3 is 9.64 Å². The maximum atomic E-state index is 11.5. The molecule has 0 aliphatic carbocycles. The van der Waals surface area contributed by atoms with Crippen LogP contribution in [0.5, 0.6) is 5.75 Å². The van der Waals surface area contributed by atoms with Crippen molar-refractivity contribution in [3.63, 3.8) is 0 Å². The Morgan fingerprint density at radius 1 is 1.45 bits per heavy atom. The number of carbonyl (C=O) groups is 1. The summed E-state index contributed by atoms with van der Waals surface area (Å²) in [7, 11) is 3.58. The summed E-state index contributed by atoms with van der Waals surface area (Å²) in [4.78, 5) is 17.8. The fraction of sp³-hybridized carbons (Fsp3) is 0.286. The molecule has 4 nitrogen and oxygen atoms in total. The van der Waals surface area contributed by atoms with Crippen LogP contribution in [0.3, 0.4) is 0 Å². The van der Waals surface area contributed by atoms with Gasteiger partial charge in [0.15, 0.2) is 10.9 Å². The Balaban J connectivity index is 2.13. The van der Waals surface area contributed by atoms with Gasteiger partial charge in [-0.2, -0.15) is 0 Å². The number of rotatable bonds is 6. The number of aromatic nitrogens is 1. The van der Waals surface area contributed by atoms with E-state index in [0.717, 1.165) is 16.4 Å². The molecule has 106 valence electrons. The molecule has 6 heteroatoms. The van der Waals surface area contributed by atoms with Crippen LogP contribution >= 0.6 is 22.9 Å². The molecule has 0 aliphatic heterocycles. The minimum Gasteiger partial charge on any atom is -0.496 e. The van der Waals surface area contributed by atoms with E-state index < -0.39 is 0 Å². The van der Waals surface area contributed by atoms with Crippen molar-refractivity contribution in [3.05, 3.63) is 40.9 Å². The SMILES string of the molecule is COc1ccccc1CN(C)c1nc(C(=O)CCl)cs1. The number of methoxy groups -OCH3 is 1. The highest BCUT2D eigenvalue weighted by molar-refractivity contribution is 7.13. The van der Waals surface area contributed by atoms with Crippen molar-refractivity contribution < 1.29 is 9.53 Å². The normalized spacial score (nSPS) is 10.3. The van der Waals surface area contributed by atoms with E-state index in [9.17, 15) is 4.79 Å². The lowest BCUT2D eigenvalue weighted by molar-refractivity contribution is 0.101. The van der Waals surface area contributed by atoms with Gasteiger partial charge in [0.1, 0.15) is 11.4 Å². The number of para-hydroxylation sites is 1. The van der Waals surface area contributed by atoms with Gasteiger partial charge >= 0.3 is 0 Å². The number of nitrogens with zero attached hydrogens (tertiary/aromatic N) is 2. The highest BCUT2D eigenvalue weighted by Crippen LogP contribution is 2.24. The van der Waals surface area contributed by atoms with Crippen LogP contribution in [0.15, 0.2) is 29.6 Å². The van der Waals surface area contributed by atoms with E-state index in [1.54, 1.807) is 12.5 Å². The molecular formula is C14H15ClN2O2S. The molecule has 0 unspecified atom stereocenters. The monoisotopic (exact) mass is 310 g/mol. The minimum atomic E-state index is -0.153. The summed E-state index contributed by atoms with van der Waals surface area (Å²) in [6.45, 7) is 0.659. The molecule has 0 spiro atoms. The first-order valence-electron chi connectivity index (χ1n) is 6.03. The van der Waals surface area contributed by atoms with E-state index in [2.05, 4.69) is 4.98 Å². The van der Waals surface area contributed by atoms with Crippen LogP contribution in [0.1, 0.15) is 16.1 Å². The third-order valence-electron chi connectivity index (χ3n) is 2.83. The maximum absolute atomic E-state index is 11.5. The molecule has 0 fully saturated rings. The number of benzene rings is 1. The molecule has 20 heavy (non-hydrogen) atoms. The molecule has 1 aromatic carbocycles. The van der Waals surface area contributed by atoms with Crippen LogP contribution in [0, 0.1) is 0 Å². The molecule has 2 rings (SSSR count). The average molecular weight is 311 g/mol. The van der Waals surface area contributed by atoms with Crippen molar-refractivity contribution in [3.8, 4) is 5.75 Å². The summed E-state index contributed by atoms with van der Waals surface area (Å²) < 4.78 is 5.33. The third-order valence-corrected chi connectivity index (χ3v) is 4.02. The van der Waals surface area contributed by atoms with Gasteiger partial charge in [0.25, 0.3) is 0 Å². The second-order valence-electron chi connectivity index (χ2n) is 4.24. The van der Waals surface area contributed by atoms with Crippen molar-refractivity contribution in [2.45, 2.75) is 6.54 Å². The molecule has 0 saturated heterocycles. The Kier molecular flexibility index (Phi) is 4.98. The van der Waals surface area contributed by atoms with Gasteiger partial charge in [-0.25, -0.2) is 4.98 Å². The Labute approximate surface area is 127 Å². The second-order valence-corrected chi connectivity index (χ2v) is 5.34. The molecule has 2 aromatic rings. The highest BCUT2D eigenvalue weighted by atomic mass is 35.5. The molecular weight excluding hydrogens is 296 g/mol. The maximum Gasteiger partial charge on any atom is 0.196 e. The van der Waals surface area contributed by atoms with Crippen molar-refractivity contribution in [2.24, 2.45) is 0 Å². The summed E-state index contributed by atoms with van der Waals surface area (Å²) in [5, 5.41) is 2.52. The standard InChI is InChI=1S/C14H15ClN2O2S/c1-17(8-10-5-3-4-6-13(10)19-2)14-16-11(9-20-14)12(18)7-15/h3-6,9H,7-8H2,1-2H3. The minimum absolute atomic E-state index is 0.0423. The number of ketones is 1. The lowest BCUT2D eigenvalue weighted by Gasteiger charge is -2.17. The van der Waals surface area contributed by atoms with Crippen LogP contribution < -0.4 is 9.64 Å². The van der Waals surface area contributed by atoms with Gasteiger partial charge in [-0.1, -0.05) is 18.2 Å². The van der Waals surface area contributed by atoms with E-state index in [-0.39, 0.29) is 11.7 Å². The lowest BCUT2D eigenvalue weighted by atomic mass is 10.2. The lowest BCUT2D eigenvalue weighted by Crippen LogP contribution is -2.17. The Hall–Kier alpha value is -1.59. The smallest absolute Gasteiger partial charge is 0.196 e. The zero-order chi connectivity index (χ0) is 14.5. The topological polar surface area (TPSA) is 42.4 Å². The second kappa shape index (κ2) is 6.72. The third kappa shape index (κ3) is 3.29. The number of ether oxygens (including phenoxy) is 1. The molecule has 0 saturated carbocycles. The molecule has 0 aliphatic rings. The Morgan fingerprint density at radius 3 is 2.90 bits per heavy atom. The molecule has 1 aromatic heterocycles. The van der Waals surface area contributed by atoms with E-state index in [0.29, 0.717) is 12.2 Å². The van der Waals surface area contributed by atoms with Gasteiger partial charge in [-0.3, -0.25) is 4.79 Å². The predicted octanol–water partition coefficient (Wildman–Crippen LogP) is 3.21. The number of carbonyl (C=O) groups excluding carboxylic acids is 1. The Bertz CT molecular complexity index is 600. The summed E-state index contributed by atoms with van der Waals surface area (Å²) in [5.74, 6) is 0.646. The average Bonchev–Trinajstić information content (AvgIpc) is 2.97. The largest absolute Gasteiger partial charge is 0.496 e. The van der Waals surface area contributed by atoms with Crippen molar-refractivity contribution in [2.75, 3.05) is 24.9 Å². The van der Waals surface area contributed by atoms with Crippen molar-refractivity contribution in [1.82, 2.24) is 4.98 Å². The number of Topliss-reactive ketones (excluding diaryl/α,β-unsaturated/α-hetero) is 1. The Morgan fingerprint density at radius 2 is 2.20 bits per heavy atom. The van der Waals surface area contributed by atoms with E-state index >= 15 is 0 Å². The number of hydrogen-bond donors (Lipinski definition) is 0. The number of thiazole rings is 1. The van der Waals surface area contributed by atoms with E-state index in [1.807, 2.05) is 36.2 Å². The summed E-state index contributed by atoms with van der Waals surface area (Å²) in [6.07, 6.45) is 0. The predicted molar refractivity (Wildman–Crippen MR) is 82.3 cm³/mol. The first-order chi connectivity index (χ1) is 9.65. The molecule has 0 radical (unpaired) electrons. The molecule has 0 amide bonds. The zero-order valence-corrected chi connectivity index (χ0v) is 12.9. The van der Waals surface area contributed by atoms with E-state index in [4.69, 9.17) is 16.3 Å². The summed E-state index contributed by atoms with van der Waals surface area (Å²) in [5.41, 5.74) is 1.49. The fourth-order valence-corrected chi connectivity index (χ4v) is 2.73. The van der Waals surface area contributed by atoms with E-state index in [1.165, 1.54) is 11.3 Å². The van der Waals surface area contributed by atoms with Crippen LogP contribution in [-0.4, -0.2) is 30.8 Å². The van der Waals surface area contributed by atoms with Gasteiger partial charge in [0.05, 0.1) is 13.0 Å². The molecule has 0 bridgehead atoms. The van der Waals surface area contributed by atoms with Crippen molar-refractivity contribution >= 4 is 33.9 Å².